The number of nitrogens with zero attached hydrogens (tertiary/aromatic N) is 1. The van der Waals surface area contributed by atoms with Crippen LogP contribution in [0.15, 0.2) is 24.3 Å². The number of benzene rings is 1. The Morgan fingerprint density at radius 2 is 2.12 bits per heavy atom. The molecule has 3 N–H and O–H groups in total. The van der Waals surface area contributed by atoms with Gasteiger partial charge in [0.2, 0.25) is 0 Å². The molecule has 0 saturated carbocycles. The van der Waals surface area contributed by atoms with Crippen LogP contribution in [0.1, 0.15) is 25.8 Å². The van der Waals surface area contributed by atoms with E-state index >= 15 is 0 Å². The van der Waals surface area contributed by atoms with Crippen molar-refractivity contribution >= 4 is 5.69 Å². The van der Waals surface area contributed by atoms with Crippen molar-refractivity contribution in [2.24, 2.45) is 0 Å². The monoisotopic (exact) mass is 222 g/mol. The van der Waals surface area contributed by atoms with E-state index in [0.717, 1.165) is 25.2 Å². The number of nitrogens with two attached hydrogens (primary N) is 1. The van der Waals surface area contributed by atoms with Gasteiger partial charge in [-0.3, -0.25) is 4.90 Å². The van der Waals surface area contributed by atoms with Crippen molar-refractivity contribution in [3.8, 4) is 0 Å². The number of hydrogen-bond donors (Lipinski definition) is 2. The number of anilines is 1. The number of likely N-dealkylation sites (N-methyl/N-ethyl adjacent to an activating group) is 1. The van der Waals surface area contributed by atoms with E-state index in [-0.39, 0.29) is 12.6 Å². The Balaban J connectivity index is 2.69. The van der Waals surface area contributed by atoms with Crippen LogP contribution in [0, 0.1) is 0 Å². The molecule has 1 rings (SSSR count). The smallest absolute Gasteiger partial charge is 0.0586 e. The summed E-state index contributed by atoms with van der Waals surface area (Å²) in [5.74, 6) is 0. The van der Waals surface area contributed by atoms with E-state index in [9.17, 15) is 5.11 Å². The van der Waals surface area contributed by atoms with Crippen LogP contribution >= 0.6 is 0 Å². The van der Waals surface area contributed by atoms with E-state index in [0.29, 0.717) is 0 Å². The van der Waals surface area contributed by atoms with Gasteiger partial charge >= 0.3 is 0 Å². The summed E-state index contributed by atoms with van der Waals surface area (Å²) < 4.78 is 0. The van der Waals surface area contributed by atoms with Gasteiger partial charge in [0, 0.05) is 18.3 Å². The summed E-state index contributed by atoms with van der Waals surface area (Å²) in [5.41, 5.74) is 7.75. The molecule has 0 spiro atoms. The minimum absolute atomic E-state index is 0.215. The maximum Gasteiger partial charge on any atom is 0.0586 e. The third-order valence-electron chi connectivity index (χ3n) is 2.94. The zero-order valence-corrected chi connectivity index (χ0v) is 10.2. The summed E-state index contributed by atoms with van der Waals surface area (Å²) in [6.45, 7) is 6.22. The predicted molar refractivity (Wildman–Crippen MR) is 68.1 cm³/mol. The number of rotatable bonds is 6. The van der Waals surface area contributed by atoms with Crippen molar-refractivity contribution in [2.45, 2.75) is 32.9 Å². The maximum atomic E-state index is 9.29. The SMILES string of the molecule is CCC(CO)N(CC)Cc1cccc(N)c1. The van der Waals surface area contributed by atoms with Crippen LogP contribution in [0.3, 0.4) is 0 Å². The molecule has 3 heteroatoms. The first-order valence-electron chi connectivity index (χ1n) is 5.90. The first kappa shape index (κ1) is 13.0. The number of aliphatic hydroxyl groups excluding tert-OH is 1. The van der Waals surface area contributed by atoms with Gasteiger partial charge < -0.3 is 10.8 Å². The quantitative estimate of drug-likeness (QED) is 0.722. The second kappa shape index (κ2) is 6.51. The van der Waals surface area contributed by atoms with E-state index in [2.05, 4.69) is 24.8 Å². The molecule has 0 aliphatic carbocycles. The minimum Gasteiger partial charge on any atom is -0.399 e. The first-order valence-corrected chi connectivity index (χ1v) is 5.90. The molecule has 1 atom stereocenters. The number of nitrogen functional groups attached to an aromatic ring is 1. The lowest BCUT2D eigenvalue weighted by atomic mass is 10.1. The highest BCUT2D eigenvalue weighted by atomic mass is 16.3. The second-order valence-corrected chi connectivity index (χ2v) is 4.05. The fourth-order valence-corrected chi connectivity index (χ4v) is 1.93. The van der Waals surface area contributed by atoms with Crippen LogP contribution in [0.5, 0.6) is 0 Å². The Labute approximate surface area is 97.9 Å². The van der Waals surface area contributed by atoms with Crippen molar-refractivity contribution in [1.29, 1.82) is 0 Å². The summed E-state index contributed by atoms with van der Waals surface area (Å²) in [6.07, 6.45) is 0.965. The summed E-state index contributed by atoms with van der Waals surface area (Å²) in [4.78, 5) is 2.27. The Bertz CT molecular complexity index is 311. The van der Waals surface area contributed by atoms with Gasteiger partial charge in [-0.25, -0.2) is 0 Å². The van der Waals surface area contributed by atoms with Crippen molar-refractivity contribution in [1.82, 2.24) is 4.90 Å². The zero-order valence-electron chi connectivity index (χ0n) is 10.2. The molecule has 1 unspecified atom stereocenters. The largest absolute Gasteiger partial charge is 0.399 e. The summed E-state index contributed by atoms with van der Waals surface area (Å²) in [6, 6.07) is 8.17. The van der Waals surface area contributed by atoms with Crippen molar-refractivity contribution < 1.29 is 5.11 Å². The summed E-state index contributed by atoms with van der Waals surface area (Å²) in [7, 11) is 0. The second-order valence-electron chi connectivity index (χ2n) is 4.05. The van der Waals surface area contributed by atoms with Crippen LogP contribution in [0.4, 0.5) is 5.69 Å². The predicted octanol–water partition coefficient (Wildman–Crippen LogP) is 1.86. The molecule has 0 heterocycles. The van der Waals surface area contributed by atoms with E-state index in [1.807, 2.05) is 18.2 Å². The molecule has 0 aliphatic rings. The van der Waals surface area contributed by atoms with Gasteiger partial charge in [-0.1, -0.05) is 26.0 Å². The molecule has 3 nitrogen and oxygen atoms in total. The van der Waals surface area contributed by atoms with Gasteiger partial charge in [-0.15, -0.1) is 0 Å². The van der Waals surface area contributed by atoms with E-state index in [4.69, 9.17) is 5.73 Å². The highest BCUT2D eigenvalue weighted by Crippen LogP contribution is 2.12. The molecule has 1 aromatic carbocycles. The van der Waals surface area contributed by atoms with Crippen LogP contribution in [-0.2, 0) is 6.54 Å². The Hall–Kier alpha value is -1.06. The third kappa shape index (κ3) is 3.51. The van der Waals surface area contributed by atoms with Gasteiger partial charge in [0.15, 0.2) is 0 Å². The van der Waals surface area contributed by atoms with Crippen LogP contribution in [0.2, 0.25) is 0 Å². The molecule has 0 radical (unpaired) electrons. The van der Waals surface area contributed by atoms with Gasteiger partial charge in [0.05, 0.1) is 6.61 Å². The number of hydrogen-bond acceptors (Lipinski definition) is 3. The molecule has 0 amide bonds. The van der Waals surface area contributed by atoms with Crippen molar-refractivity contribution in [2.75, 3.05) is 18.9 Å². The maximum absolute atomic E-state index is 9.29. The fourth-order valence-electron chi connectivity index (χ4n) is 1.93. The molecule has 0 aliphatic heterocycles. The van der Waals surface area contributed by atoms with Gasteiger partial charge in [0.1, 0.15) is 0 Å². The third-order valence-corrected chi connectivity index (χ3v) is 2.94. The average Bonchev–Trinajstić information content (AvgIpc) is 2.29. The molecular weight excluding hydrogens is 200 g/mol. The fraction of sp³-hybridized carbons (Fsp3) is 0.538. The van der Waals surface area contributed by atoms with Crippen LogP contribution in [0.25, 0.3) is 0 Å². The number of aliphatic hydroxyl groups is 1. The van der Waals surface area contributed by atoms with E-state index in [1.165, 1.54) is 5.56 Å². The van der Waals surface area contributed by atoms with Crippen LogP contribution in [-0.4, -0.2) is 29.2 Å². The van der Waals surface area contributed by atoms with Crippen LogP contribution < -0.4 is 5.73 Å². The minimum atomic E-state index is 0.215. The normalized spacial score (nSPS) is 13.0. The molecule has 1 aromatic rings. The van der Waals surface area contributed by atoms with Gasteiger partial charge in [0.25, 0.3) is 0 Å². The van der Waals surface area contributed by atoms with E-state index < -0.39 is 0 Å². The summed E-state index contributed by atoms with van der Waals surface area (Å²) in [5, 5.41) is 9.29. The average molecular weight is 222 g/mol. The first-order chi connectivity index (χ1) is 7.71. The highest BCUT2D eigenvalue weighted by molar-refractivity contribution is 5.40. The Morgan fingerprint density at radius 3 is 2.62 bits per heavy atom. The molecular formula is C13H22N2O. The van der Waals surface area contributed by atoms with Gasteiger partial charge in [-0.2, -0.15) is 0 Å². The Kier molecular flexibility index (Phi) is 5.29. The lowest BCUT2D eigenvalue weighted by Crippen LogP contribution is -2.36. The standard InChI is InChI=1S/C13H22N2O/c1-3-13(10-16)15(4-2)9-11-6-5-7-12(14)8-11/h5-8,13,16H,3-4,9-10,14H2,1-2H3. The molecule has 16 heavy (non-hydrogen) atoms. The Morgan fingerprint density at radius 1 is 1.38 bits per heavy atom. The summed E-state index contributed by atoms with van der Waals surface area (Å²) >= 11 is 0. The molecule has 0 aromatic heterocycles. The highest BCUT2D eigenvalue weighted by Gasteiger charge is 2.14. The van der Waals surface area contributed by atoms with Gasteiger partial charge in [-0.05, 0) is 30.7 Å². The topological polar surface area (TPSA) is 49.5 Å². The lowest BCUT2D eigenvalue weighted by Gasteiger charge is -2.28. The molecule has 90 valence electrons. The van der Waals surface area contributed by atoms with Crippen molar-refractivity contribution in [3.63, 3.8) is 0 Å². The van der Waals surface area contributed by atoms with E-state index in [1.54, 1.807) is 0 Å². The lowest BCUT2D eigenvalue weighted by molar-refractivity contribution is 0.118. The zero-order chi connectivity index (χ0) is 12.0. The van der Waals surface area contributed by atoms with Crippen molar-refractivity contribution in [3.05, 3.63) is 29.8 Å². The molecule has 0 bridgehead atoms. The molecule has 0 fully saturated rings. The molecule has 0 saturated heterocycles.